The molecule has 1 saturated heterocycles. The van der Waals surface area contributed by atoms with Crippen molar-refractivity contribution in [2.45, 2.75) is 37.0 Å². The average molecular weight is 321 g/mol. The van der Waals surface area contributed by atoms with E-state index >= 15 is 0 Å². The van der Waals surface area contributed by atoms with Crippen LogP contribution in [-0.4, -0.2) is 105 Å². The quantitative estimate of drug-likeness (QED) is 0.279. The Balaban J connectivity index is 2.54. The van der Waals surface area contributed by atoms with Crippen LogP contribution in [0.3, 0.4) is 0 Å². The molecule has 0 aromatic carbocycles. The Bertz CT molecular complexity index is 408. The first-order valence-corrected chi connectivity index (χ1v) is 6.80. The highest BCUT2D eigenvalue weighted by atomic mass is 16.4. The summed E-state index contributed by atoms with van der Waals surface area (Å²) in [6.45, 7) is -0.991. The summed E-state index contributed by atoms with van der Waals surface area (Å²) in [7, 11) is 2.85. The Hall–Kier alpha value is -1.30. The minimum atomic E-state index is -1.72. The summed E-state index contributed by atoms with van der Waals surface area (Å²) in [6.07, 6.45) is -7.12. The van der Waals surface area contributed by atoms with Crippen LogP contribution in [0, 0.1) is 0 Å². The topological polar surface area (TPSA) is 154 Å². The van der Waals surface area contributed by atoms with Crippen molar-refractivity contribution < 1.29 is 35.1 Å². The highest BCUT2D eigenvalue weighted by Crippen LogP contribution is 2.12. The smallest absolute Gasteiger partial charge is 0.327 e. The number of imide groups is 1. The van der Waals surface area contributed by atoms with Gasteiger partial charge in [-0.2, -0.15) is 0 Å². The van der Waals surface area contributed by atoms with Gasteiger partial charge in [-0.25, -0.2) is 4.79 Å². The molecule has 0 aromatic rings. The Morgan fingerprint density at radius 1 is 1.14 bits per heavy atom. The van der Waals surface area contributed by atoms with Gasteiger partial charge in [-0.05, 0) is 0 Å². The first-order valence-electron chi connectivity index (χ1n) is 6.80. The third-order valence-corrected chi connectivity index (χ3v) is 3.69. The largest absolute Gasteiger partial charge is 0.394 e. The van der Waals surface area contributed by atoms with E-state index in [1.54, 1.807) is 0 Å². The van der Waals surface area contributed by atoms with Crippen molar-refractivity contribution in [3.8, 4) is 0 Å². The van der Waals surface area contributed by atoms with Gasteiger partial charge in [0.05, 0.1) is 25.3 Å². The lowest BCUT2D eigenvalue weighted by Gasteiger charge is -2.37. The van der Waals surface area contributed by atoms with E-state index in [1.165, 1.54) is 19.0 Å². The van der Waals surface area contributed by atoms with Crippen molar-refractivity contribution in [3.05, 3.63) is 0 Å². The van der Waals surface area contributed by atoms with Crippen molar-refractivity contribution >= 4 is 11.9 Å². The molecule has 1 unspecified atom stereocenters. The molecule has 0 aromatic heterocycles. The molecule has 5 atom stereocenters. The Morgan fingerprint density at radius 3 is 2.23 bits per heavy atom. The molecule has 3 amide bonds. The summed E-state index contributed by atoms with van der Waals surface area (Å²) < 4.78 is 0. The van der Waals surface area contributed by atoms with Crippen molar-refractivity contribution in [1.29, 1.82) is 0 Å². The summed E-state index contributed by atoms with van der Waals surface area (Å²) in [6, 6.07) is -0.500. The lowest BCUT2D eigenvalue weighted by atomic mass is 10.0. The molecule has 0 spiro atoms. The zero-order valence-corrected chi connectivity index (χ0v) is 12.5. The van der Waals surface area contributed by atoms with E-state index in [9.17, 15) is 30.0 Å². The summed E-state index contributed by atoms with van der Waals surface area (Å²) in [5.41, 5.74) is 0. The highest BCUT2D eigenvalue weighted by Gasteiger charge is 2.35. The molecule has 0 aliphatic carbocycles. The maximum Gasteiger partial charge on any atom is 0.327 e. The second-order valence-corrected chi connectivity index (χ2v) is 5.27. The highest BCUT2D eigenvalue weighted by molar-refractivity contribution is 5.96. The second kappa shape index (κ2) is 7.81. The number of urea groups is 1. The van der Waals surface area contributed by atoms with Crippen LogP contribution < -0.4 is 5.32 Å². The van der Waals surface area contributed by atoms with E-state index in [1.807, 2.05) is 0 Å². The number of hydrogen-bond donors (Lipinski definition) is 6. The number of rotatable bonds is 7. The number of aliphatic hydroxyl groups is 5. The van der Waals surface area contributed by atoms with Crippen molar-refractivity contribution in [2.24, 2.45) is 0 Å². The predicted molar refractivity (Wildman–Crippen MR) is 73.4 cm³/mol. The molecule has 1 fully saturated rings. The van der Waals surface area contributed by atoms with Gasteiger partial charge < -0.3 is 30.4 Å². The molecule has 6 N–H and O–H groups in total. The molecule has 1 heterocycles. The van der Waals surface area contributed by atoms with Crippen LogP contribution in [0.15, 0.2) is 0 Å². The SMILES string of the molecule is CN1C(=O)CC(NC[C@@H](O)[C@@H](O)[C@H](O)[C@H](O)CO)N(C)C1=O. The number of amides is 3. The summed E-state index contributed by atoms with van der Waals surface area (Å²) in [5, 5.41) is 49.6. The molecule has 128 valence electrons. The third kappa shape index (κ3) is 4.12. The molecule has 22 heavy (non-hydrogen) atoms. The fourth-order valence-corrected chi connectivity index (χ4v) is 2.07. The molecular weight excluding hydrogens is 298 g/mol. The van der Waals surface area contributed by atoms with Crippen LogP contribution in [-0.2, 0) is 4.79 Å². The number of aliphatic hydroxyl groups excluding tert-OH is 5. The minimum Gasteiger partial charge on any atom is -0.394 e. The number of hydrogen-bond acceptors (Lipinski definition) is 8. The number of carbonyl (C=O) groups is 2. The monoisotopic (exact) mass is 321 g/mol. The van der Waals surface area contributed by atoms with Gasteiger partial charge in [-0.1, -0.05) is 0 Å². The van der Waals surface area contributed by atoms with Crippen LogP contribution >= 0.6 is 0 Å². The normalized spacial score (nSPS) is 25.1. The molecule has 1 aliphatic rings. The molecule has 1 rings (SSSR count). The Labute approximate surface area is 127 Å². The van der Waals surface area contributed by atoms with Crippen LogP contribution in [0.2, 0.25) is 0 Å². The molecule has 0 saturated carbocycles. The van der Waals surface area contributed by atoms with Gasteiger partial charge >= 0.3 is 6.03 Å². The van der Waals surface area contributed by atoms with Gasteiger partial charge in [0.1, 0.15) is 18.3 Å². The lowest BCUT2D eigenvalue weighted by molar-refractivity contribution is -0.132. The van der Waals surface area contributed by atoms with Gasteiger partial charge in [0, 0.05) is 20.6 Å². The van der Waals surface area contributed by atoms with Crippen LogP contribution in [0.1, 0.15) is 6.42 Å². The molecular formula is C12H23N3O7. The fourth-order valence-electron chi connectivity index (χ4n) is 2.07. The van der Waals surface area contributed by atoms with E-state index < -0.39 is 43.2 Å². The summed E-state index contributed by atoms with van der Waals surface area (Å²) in [5.74, 6) is -0.383. The van der Waals surface area contributed by atoms with Gasteiger partial charge in [0.25, 0.3) is 0 Å². The van der Waals surface area contributed by atoms with Crippen LogP contribution in [0.4, 0.5) is 4.79 Å². The first-order chi connectivity index (χ1) is 10.2. The lowest BCUT2D eigenvalue weighted by Crippen LogP contribution is -2.60. The standard InChI is InChI=1S/C12H23N3O7/c1-14-8(3-9(19)15(2)12(14)22)13-4-6(17)10(20)11(21)7(18)5-16/h6-8,10-11,13,16-18,20-21H,3-5H2,1-2H3/t6-,7-,8?,10-,11-/m1/s1. The second-order valence-electron chi connectivity index (χ2n) is 5.27. The van der Waals surface area contributed by atoms with Crippen LogP contribution in [0.5, 0.6) is 0 Å². The van der Waals surface area contributed by atoms with E-state index in [0.29, 0.717) is 0 Å². The summed E-state index contributed by atoms with van der Waals surface area (Å²) in [4.78, 5) is 25.6. The minimum absolute atomic E-state index is 0.00335. The predicted octanol–water partition coefficient (Wildman–Crippen LogP) is -3.75. The molecule has 1 aliphatic heterocycles. The van der Waals surface area contributed by atoms with E-state index in [2.05, 4.69) is 5.32 Å². The Morgan fingerprint density at radius 2 is 1.68 bits per heavy atom. The summed E-state index contributed by atoms with van der Waals surface area (Å²) >= 11 is 0. The maximum absolute atomic E-state index is 11.7. The maximum atomic E-state index is 11.7. The van der Waals surface area contributed by atoms with Gasteiger partial charge in [0.2, 0.25) is 5.91 Å². The Kier molecular flexibility index (Phi) is 6.66. The van der Waals surface area contributed by atoms with Gasteiger partial charge in [-0.3, -0.25) is 15.0 Å². The number of carbonyl (C=O) groups excluding carboxylic acids is 2. The van der Waals surface area contributed by atoms with Crippen molar-refractivity contribution in [2.75, 3.05) is 27.2 Å². The van der Waals surface area contributed by atoms with E-state index in [-0.39, 0.29) is 18.9 Å². The number of nitrogens with one attached hydrogen (secondary N) is 1. The van der Waals surface area contributed by atoms with E-state index in [0.717, 1.165) is 4.90 Å². The van der Waals surface area contributed by atoms with Gasteiger partial charge in [-0.15, -0.1) is 0 Å². The van der Waals surface area contributed by atoms with Gasteiger partial charge in [0.15, 0.2) is 0 Å². The van der Waals surface area contributed by atoms with E-state index in [4.69, 9.17) is 5.11 Å². The van der Waals surface area contributed by atoms with Crippen LogP contribution in [0.25, 0.3) is 0 Å². The zero-order valence-electron chi connectivity index (χ0n) is 12.5. The first kappa shape index (κ1) is 18.7. The average Bonchev–Trinajstić information content (AvgIpc) is 2.52. The number of nitrogens with zero attached hydrogens (tertiary/aromatic N) is 2. The molecule has 10 nitrogen and oxygen atoms in total. The van der Waals surface area contributed by atoms with Crippen molar-refractivity contribution in [3.63, 3.8) is 0 Å². The molecule has 0 bridgehead atoms. The zero-order chi connectivity index (χ0) is 17.0. The van der Waals surface area contributed by atoms with Crippen molar-refractivity contribution in [1.82, 2.24) is 15.1 Å². The fraction of sp³-hybridized carbons (Fsp3) is 0.833. The molecule has 0 radical (unpaired) electrons. The molecule has 10 heteroatoms. The third-order valence-electron chi connectivity index (χ3n) is 3.69.